The highest BCUT2D eigenvalue weighted by Crippen LogP contribution is 2.30. The van der Waals surface area contributed by atoms with Crippen LogP contribution in [0.25, 0.3) is 0 Å². The number of piperidine rings is 1. The molecule has 1 atom stereocenters. The lowest BCUT2D eigenvalue weighted by Gasteiger charge is -2.22. The maximum Gasteiger partial charge on any atom is 0.133 e. The van der Waals surface area contributed by atoms with Gasteiger partial charge in [0.05, 0.1) is 11.1 Å². The monoisotopic (exact) mass is 375 g/mol. The number of benzene rings is 1. The Balaban J connectivity index is 0.00000220. The van der Waals surface area contributed by atoms with Gasteiger partial charge in [-0.25, -0.2) is 0 Å². The minimum atomic E-state index is 0. The van der Waals surface area contributed by atoms with Crippen LogP contribution in [0.1, 0.15) is 51.0 Å². The molecule has 1 N–H and O–H groups in total. The molecular formula is C17H27BrClNO. The van der Waals surface area contributed by atoms with Crippen molar-refractivity contribution in [2.45, 2.75) is 45.4 Å². The van der Waals surface area contributed by atoms with Crippen molar-refractivity contribution < 1.29 is 4.74 Å². The van der Waals surface area contributed by atoms with Gasteiger partial charge < -0.3 is 10.1 Å². The topological polar surface area (TPSA) is 21.3 Å². The van der Waals surface area contributed by atoms with Crippen molar-refractivity contribution in [2.75, 3.05) is 19.7 Å². The lowest BCUT2D eigenvalue weighted by molar-refractivity contribution is 0.250. The summed E-state index contributed by atoms with van der Waals surface area (Å²) in [6.45, 7) is 7.64. The first-order chi connectivity index (χ1) is 9.70. The zero-order valence-electron chi connectivity index (χ0n) is 13.0. The average molecular weight is 377 g/mol. The van der Waals surface area contributed by atoms with E-state index < -0.39 is 0 Å². The van der Waals surface area contributed by atoms with Crippen molar-refractivity contribution in [3.63, 3.8) is 0 Å². The maximum absolute atomic E-state index is 5.94. The van der Waals surface area contributed by atoms with E-state index in [2.05, 4.69) is 53.3 Å². The first-order valence-corrected chi connectivity index (χ1v) is 8.63. The Kier molecular flexibility index (Phi) is 8.69. The number of halogens is 2. The lowest BCUT2D eigenvalue weighted by Crippen LogP contribution is -2.28. The summed E-state index contributed by atoms with van der Waals surface area (Å²) in [5.74, 6) is 2.41. The number of hydrogen-bond donors (Lipinski definition) is 1. The molecule has 0 bridgehead atoms. The molecule has 1 heterocycles. The second-order valence-electron chi connectivity index (χ2n) is 5.83. The van der Waals surface area contributed by atoms with E-state index in [4.69, 9.17) is 4.74 Å². The largest absolute Gasteiger partial charge is 0.492 e. The normalized spacial score (nSPS) is 17.1. The minimum absolute atomic E-state index is 0. The fourth-order valence-corrected chi connectivity index (χ4v) is 3.19. The highest BCUT2D eigenvalue weighted by molar-refractivity contribution is 9.10. The molecule has 0 aliphatic carbocycles. The van der Waals surface area contributed by atoms with Crippen molar-refractivity contribution in [2.24, 2.45) is 5.92 Å². The fraction of sp³-hybridized carbons (Fsp3) is 0.647. The summed E-state index contributed by atoms with van der Waals surface area (Å²) in [5.41, 5.74) is 1.38. The van der Waals surface area contributed by atoms with E-state index >= 15 is 0 Å². The second kappa shape index (κ2) is 9.70. The van der Waals surface area contributed by atoms with Gasteiger partial charge >= 0.3 is 0 Å². The van der Waals surface area contributed by atoms with Gasteiger partial charge in [-0.05, 0) is 84.2 Å². The molecule has 1 aromatic rings. The summed E-state index contributed by atoms with van der Waals surface area (Å²) < 4.78 is 7.02. The van der Waals surface area contributed by atoms with E-state index in [1.807, 2.05) is 0 Å². The van der Waals surface area contributed by atoms with Gasteiger partial charge in [-0.2, -0.15) is 0 Å². The SMILES string of the molecule is CCC(C)c1ccc(OCCC2CCNCC2)c(Br)c1.Cl. The van der Waals surface area contributed by atoms with Gasteiger partial charge in [-0.3, -0.25) is 0 Å². The van der Waals surface area contributed by atoms with Crippen LogP contribution in [0.5, 0.6) is 5.75 Å². The zero-order chi connectivity index (χ0) is 14.4. The van der Waals surface area contributed by atoms with Gasteiger partial charge in [0.1, 0.15) is 5.75 Å². The van der Waals surface area contributed by atoms with Crippen molar-refractivity contribution in [1.29, 1.82) is 0 Å². The van der Waals surface area contributed by atoms with Gasteiger partial charge in [0.25, 0.3) is 0 Å². The van der Waals surface area contributed by atoms with Crippen LogP contribution in [-0.4, -0.2) is 19.7 Å². The number of ether oxygens (including phenoxy) is 1. The molecule has 0 spiro atoms. The third kappa shape index (κ3) is 5.80. The molecular weight excluding hydrogens is 350 g/mol. The minimum Gasteiger partial charge on any atom is -0.492 e. The Morgan fingerprint density at radius 2 is 2.05 bits per heavy atom. The zero-order valence-corrected chi connectivity index (χ0v) is 15.4. The first kappa shape index (κ1) is 18.8. The van der Waals surface area contributed by atoms with Crippen molar-refractivity contribution in [3.8, 4) is 5.75 Å². The van der Waals surface area contributed by atoms with Crippen molar-refractivity contribution >= 4 is 28.3 Å². The molecule has 0 radical (unpaired) electrons. The van der Waals surface area contributed by atoms with E-state index in [1.54, 1.807) is 0 Å². The molecule has 2 rings (SSSR count). The van der Waals surface area contributed by atoms with Crippen LogP contribution in [0.3, 0.4) is 0 Å². The molecule has 1 aliphatic heterocycles. The molecule has 21 heavy (non-hydrogen) atoms. The van der Waals surface area contributed by atoms with Crippen LogP contribution < -0.4 is 10.1 Å². The number of hydrogen-bond acceptors (Lipinski definition) is 2. The smallest absolute Gasteiger partial charge is 0.133 e. The molecule has 1 aliphatic rings. The van der Waals surface area contributed by atoms with Gasteiger partial charge in [0.2, 0.25) is 0 Å². The van der Waals surface area contributed by atoms with Crippen LogP contribution in [0.15, 0.2) is 22.7 Å². The number of nitrogens with one attached hydrogen (secondary N) is 1. The van der Waals surface area contributed by atoms with E-state index in [-0.39, 0.29) is 12.4 Å². The Morgan fingerprint density at radius 3 is 2.67 bits per heavy atom. The molecule has 0 saturated carbocycles. The van der Waals surface area contributed by atoms with Gasteiger partial charge in [-0.15, -0.1) is 12.4 Å². The average Bonchev–Trinajstić information content (AvgIpc) is 2.49. The number of rotatable bonds is 6. The Bertz CT molecular complexity index is 421. The van der Waals surface area contributed by atoms with E-state index in [9.17, 15) is 0 Å². The summed E-state index contributed by atoms with van der Waals surface area (Å²) in [4.78, 5) is 0. The summed E-state index contributed by atoms with van der Waals surface area (Å²) in [6.07, 6.45) is 4.92. The van der Waals surface area contributed by atoms with Crippen LogP contribution in [0, 0.1) is 5.92 Å². The molecule has 0 amide bonds. The van der Waals surface area contributed by atoms with Crippen molar-refractivity contribution in [1.82, 2.24) is 5.32 Å². The quantitative estimate of drug-likeness (QED) is 0.741. The molecule has 0 aromatic heterocycles. The Labute approximate surface area is 143 Å². The predicted molar refractivity (Wildman–Crippen MR) is 95.8 cm³/mol. The van der Waals surface area contributed by atoms with E-state index in [0.717, 1.165) is 35.8 Å². The molecule has 1 unspecified atom stereocenters. The standard InChI is InChI=1S/C17H26BrNO.ClH/c1-3-13(2)15-4-5-17(16(18)12-15)20-11-8-14-6-9-19-10-7-14;/h4-5,12-14,19H,3,6-11H2,1-2H3;1H. The second-order valence-corrected chi connectivity index (χ2v) is 6.68. The highest BCUT2D eigenvalue weighted by Gasteiger charge is 2.13. The highest BCUT2D eigenvalue weighted by atomic mass is 79.9. The summed E-state index contributed by atoms with van der Waals surface area (Å²) in [7, 11) is 0. The van der Waals surface area contributed by atoms with Crippen LogP contribution in [-0.2, 0) is 0 Å². The fourth-order valence-electron chi connectivity index (χ4n) is 2.68. The van der Waals surface area contributed by atoms with Crippen LogP contribution >= 0.6 is 28.3 Å². The lowest BCUT2D eigenvalue weighted by atomic mass is 9.95. The van der Waals surface area contributed by atoms with E-state index in [1.165, 1.54) is 31.2 Å². The third-order valence-corrected chi connectivity index (χ3v) is 5.00. The Morgan fingerprint density at radius 1 is 1.33 bits per heavy atom. The van der Waals surface area contributed by atoms with Gasteiger partial charge in [0, 0.05) is 0 Å². The Hall–Kier alpha value is -0.250. The molecule has 4 heteroatoms. The third-order valence-electron chi connectivity index (χ3n) is 4.38. The molecule has 1 fully saturated rings. The van der Waals surface area contributed by atoms with Crippen molar-refractivity contribution in [3.05, 3.63) is 28.2 Å². The maximum atomic E-state index is 5.94. The molecule has 120 valence electrons. The summed E-state index contributed by atoms with van der Waals surface area (Å²) >= 11 is 3.64. The molecule has 2 nitrogen and oxygen atoms in total. The first-order valence-electron chi connectivity index (χ1n) is 7.83. The summed E-state index contributed by atoms with van der Waals surface area (Å²) in [6, 6.07) is 6.50. The van der Waals surface area contributed by atoms with Gasteiger partial charge in [-0.1, -0.05) is 19.9 Å². The summed E-state index contributed by atoms with van der Waals surface area (Å²) in [5, 5.41) is 3.41. The molecule has 1 saturated heterocycles. The van der Waals surface area contributed by atoms with Gasteiger partial charge in [0.15, 0.2) is 0 Å². The van der Waals surface area contributed by atoms with Crippen LogP contribution in [0.2, 0.25) is 0 Å². The van der Waals surface area contributed by atoms with Crippen LogP contribution in [0.4, 0.5) is 0 Å². The predicted octanol–water partition coefficient (Wildman–Crippen LogP) is 5.15. The molecule has 1 aromatic carbocycles. The van der Waals surface area contributed by atoms with E-state index in [0.29, 0.717) is 5.92 Å².